The van der Waals surface area contributed by atoms with Crippen LogP contribution in [0.4, 0.5) is 17.5 Å². The SMILES string of the molecule is CCN(c1ccnc(Nc2cccc(C(C)=O)c2)n1)C1CCS(=O)(=O)C1. The van der Waals surface area contributed by atoms with E-state index in [2.05, 4.69) is 15.3 Å². The molecule has 1 aromatic heterocycles. The maximum absolute atomic E-state index is 11.8. The summed E-state index contributed by atoms with van der Waals surface area (Å²) in [5.41, 5.74) is 1.33. The summed E-state index contributed by atoms with van der Waals surface area (Å²) >= 11 is 0. The van der Waals surface area contributed by atoms with E-state index in [1.165, 1.54) is 6.92 Å². The van der Waals surface area contributed by atoms with Gasteiger partial charge in [-0.25, -0.2) is 13.4 Å². The third-order valence-electron chi connectivity index (χ3n) is 4.45. The van der Waals surface area contributed by atoms with Crippen LogP contribution in [0.2, 0.25) is 0 Å². The molecule has 0 bridgehead atoms. The van der Waals surface area contributed by atoms with Crippen LogP contribution in [-0.4, -0.2) is 48.3 Å². The van der Waals surface area contributed by atoms with Gasteiger partial charge in [-0.05, 0) is 38.5 Å². The lowest BCUT2D eigenvalue weighted by molar-refractivity contribution is 0.101. The van der Waals surface area contributed by atoms with Gasteiger partial charge in [-0.15, -0.1) is 0 Å². The van der Waals surface area contributed by atoms with Crippen LogP contribution >= 0.6 is 0 Å². The van der Waals surface area contributed by atoms with E-state index in [1.807, 2.05) is 17.9 Å². The average molecular weight is 374 g/mol. The van der Waals surface area contributed by atoms with Crippen molar-refractivity contribution in [3.8, 4) is 0 Å². The monoisotopic (exact) mass is 374 g/mol. The molecule has 0 amide bonds. The summed E-state index contributed by atoms with van der Waals surface area (Å²) in [6.07, 6.45) is 2.26. The Kier molecular flexibility index (Phi) is 5.22. The maximum Gasteiger partial charge on any atom is 0.229 e. The molecule has 1 aliphatic heterocycles. The summed E-state index contributed by atoms with van der Waals surface area (Å²) in [4.78, 5) is 22.3. The number of hydrogen-bond acceptors (Lipinski definition) is 7. The van der Waals surface area contributed by atoms with Gasteiger partial charge in [0.05, 0.1) is 11.5 Å². The average Bonchev–Trinajstić information content (AvgIpc) is 2.96. The number of rotatable bonds is 6. The number of nitrogens with zero attached hydrogens (tertiary/aromatic N) is 3. The van der Waals surface area contributed by atoms with Crippen LogP contribution in [0.25, 0.3) is 0 Å². The Labute approximate surface area is 153 Å². The number of anilines is 3. The van der Waals surface area contributed by atoms with Crippen molar-refractivity contribution in [1.29, 1.82) is 0 Å². The molecule has 7 nitrogen and oxygen atoms in total. The quantitative estimate of drug-likeness (QED) is 0.776. The molecule has 1 unspecified atom stereocenters. The highest BCUT2D eigenvalue weighted by atomic mass is 32.2. The zero-order chi connectivity index (χ0) is 18.7. The molecule has 1 aromatic carbocycles. The third-order valence-corrected chi connectivity index (χ3v) is 6.20. The lowest BCUT2D eigenvalue weighted by Crippen LogP contribution is -2.36. The maximum atomic E-state index is 11.8. The largest absolute Gasteiger partial charge is 0.353 e. The highest BCUT2D eigenvalue weighted by Crippen LogP contribution is 2.24. The minimum atomic E-state index is -2.96. The molecule has 0 aliphatic carbocycles. The van der Waals surface area contributed by atoms with Gasteiger partial charge >= 0.3 is 0 Å². The van der Waals surface area contributed by atoms with Gasteiger partial charge in [0.2, 0.25) is 5.95 Å². The van der Waals surface area contributed by atoms with Crippen molar-refractivity contribution in [2.75, 3.05) is 28.3 Å². The Hall–Kier alpha value is -2.48. The van der Waals surface area contributed by atoms with Crippen LogP contribution in [0.15, 0.2) is 36.5 Å². The molecule has 1 N–H and O–H groups in total. The van der Waals surface area contributed by atoms with Crippen LogP contribution in [-0.2, 0) is 9.84 Å². The molecule has 8 heteroatoms. The highest BCUT2D eigenvalue weighted by molar-refractivity contribution is 7.91. The van der Waals surface area contributed by atoms with E-state index in [1.54, 1.807) is 30.5 Å². The van der Waals surface area contributed by atoms with Crippen molar-refractivity contribution in [2.24, 2.45) is 0 Å². The van der Waals surface area contributed by atoms with E-state index in [0.29, 0.717) is 30.3 Å². The first-order chi connectivity index (χ1) is 12.4. The molecule has 1 atom stereocenters. The Morgan fingerprint density at radius 1 is 1.35 bits per heavy atom. The molecular weight excluding hydrogens is 352 g/mol. The molecule has 3 rings (SSSR count). The summed E-state index contributed by atoms with van der Waals surface area (Å²) < 4.78 is 23.6. The van der Waals surface area contributed by atoms with Gasteiger partial charge in [0.1, 0.15) is 5.82 Å². The standard InChI is InChI=1S/C18H22N4O3S/c1-3-22(16-8-10-26(24,25)12-16)17-7-9-19-18(21-17)20-15-6-4-5-14(11-15)13(2)23/h4-7,9,11,16H,3,8,10,12H2,1-2H3,(H,19,20,21). The first-order valence-electron chi connectivity index (χ1n) is 8.56. The van der Waals surface area contributed by atoms with Crippen molar-refractivity contribution >= 4 is 33.1 Å². The second-order valence-electron chi connectivity index (χ2n) is 6.34. The van der Waals surface area contributed by atoms with Crippen LogP contribution in [0, 0.1) is 0 Å². The summed E-state index contributed by atoms with van der Waals surface area (Å²) in [5.74, 6) is 1.47. The summed E-state index contributed by atoms with van der Waals surface area (Å²) in [5, 5.41) is 3.11. The highest BCUT2D eigenvalue weighted by Gasteiger charge is 2.32. The fraction of sp³-hybridized carbons (Fsp3) is 0.389. The van der Waals surface area contributed by atoms with Crippen LogP contribution < -0.4 is 10.2 Å². The Morgan fingerprint density at radius 2 is 2.15 bits per heavy atom. The first-order valence-corrected chi connectivity index (χ1v) is 10.4. The van der Waals surface area contributed by atoms with E-state index < -0.39 is 9.84 Å². The second-order valence-corrected chi connectivity index (χ2v) is 8.57. The van der Waals surface area contributed by atoms with Gasteiger partial charge in [-0.3, -0.25) is 4.79 Å². The Bertz CT molecular complexity index is 914. The molecule has 1 saturated heterocycles. The fourth-order valence-corrected chi connectivity index (χ4v) is 4.87. The number of aromatic nitrogens is 2. The van der Waals surface area contributed by atoms with Crippen molar-refractivity contribution in [3.63, 3.8) is 0 Å². The molecule has 138 valence electrons. The zero-order valence-electron chi connectivity index (χ0n) is 14.8. The number of nitrogens with one attached hydrogen (secondary N) is 1. The van der Waals surface area contributed by atoms with Gasteiger partial charge in [0, 0.05) is 30.0 Å². The Morgan fingerprint density at radius 3 is 2.81 bits per heavy atom. The van der Waals surface area contributed by atoms with Crippen molar-refractivity contribution < 1.29 is 13.2 Å². The van der Waals surface area contributed by atoms with E-state index in [-0.39, 0.29) is 23.3 Å². The lowest BCUT2D eigenvalue weighted by Gasteiger charge is -2.28. The topological polar surface area (TPSA) is 92.3 Å². The number of hydrogen-bond donors (Lipinski definition) is 1. The molecule has 0 radical (unpaired) electrons. The van der Waals surface area contributed by atoms with Crippen LogP contribution in [0.3, 0.4) is 0 Å². The van der Waals surface area contributed by atoms with Gasteiger partial charge in [-0.2, -0.15) is 4.98 Å². The second kappa shape index (κ2) is 7.41. The molecule has 1 aliphatic rings. The number of carbonyl (C=O) groups is 1. The minimum Gasteiger partial charge on any atom is -0.353 e. The normalized spacial score (nSPS) is 18.5. The number of sulfone groups is 1. The van der Waals surface area contributed by atoms with Crippen LogP contribution in [0.5, 0.6) is 0 Å². The Balaban J connectivity index is 1.81. The molecule has 2 aromatic rings. The molecule has 1 fully saturated rings. The van der Waals surface area contributed by atoms with Crippen molar-refractivity contribution in [2.45, 2.75) is 26.3 Å². The van der Waals surface area contributed by atoms with Crippen molar-refractivity contribution in [1.82, 2.24) is 9.97 Å². The number of ketones is 1. The fourth-order valence-electron chi connectivity index (χ4n) is 3.14. The molecule has 0 spiro atoms. The molecule has 26 heavy (non-hydrogen) atoms. The van der Waals surface area contributed by atoms with E-state index >= 15 is 0 Å². The van der Waals surface area contributed by atoms with Gasteiger partial charge in [-0.1, -0.05) is 12.1 Å². The smallest absolute Gasteiger partial charge is 0.229 e. The summed E-state index contributed by atoms with van der Waals surface area (Å²) in [6.45, 7) is 4.16. The lowest BCUT2D eigenvalue weighted by atomic mass is 10.1. The molecular formula is C18H22N4O3S. The number of benzene rings is 1. The molecule has 0 saturated carbocycles. The van der Waals surface area contributed by atoms with Gasteiger partial charge < -0.3 is 10.2 Å². The van der Waals surface area contributed by atoms with Gasteiger partial charge in [0.15, 0.2) is 15.6 Å². The third kappa shape index (κ3) is 4.19. The van der Waals surface area contributed by atoms with Gasteiger partial charge in [0.25, 0.3) is 0 Å². The van der Waals surface area contributed by atoms with E-state index in [0.717, 1.165) is 5.69 Å². The first kappa shape index (κ1) is 18.3. The minimum absolute atomic E-state index is 0.0112. The summed E-state index contributed by atoms with van der Waals surface area (Å²) in [7, 11) is -2.96. The van der Waals surface area contributed by atoms with E-state index in [9.17, 15) is 13.2 Å². The molecule has 2 heterocycles. The van der Waals surface area contributed by atoms with Crippen LogP contribution in [0.1, 0.15) is 30.6 Å². The predicted molar refractivity (Wildman–Crippen MR) is 102 cm³/mol. The predicted octanol–water partition coefficient (Wildman–Crippen LogP) is 2.44. The number of carbonyl (C=O) groups excluding carboxylic acids is 1. The van der Waals surface area contributed by atoms with Crippen molar-refractivity contribution in [3.05, 3.63) is 42.1 Å². The van der Waals surface area contributed by atoms with E-state index in [4.69, 9.17) is 0 Å². The number of Topliss-reactive ketones (excluding diaryl/α,β-unsaturated/α-hetero) is 1. The summed E-state index contributed by atoms with van der Waals surface area (Å²) in [6, 6.07) is 8.86. The zero-order valence-corrected chi connectivity index (χ0v) is 15.7.